The highest BCUT2D eigenvalue weighted by Crippen LogP contribution is 2.29. The molecule has 0 aliphatic carbocycles. The van der Waals surface area contributed by atoms with Gasteiger partial charge in [-0.2, -0.15) is 0 Å². The van der Waals surface area contributed by atoms with Gasteiger partial charge >= 0.3 is 0 Å². The number of carbonyl (C=O) groups is 1. The summed E-state index contributed by atoms with van der Waals surface area (Å²) in [6, 6.07) is 14.7. The smallest absolute Gasteiger partial charge is 0.150 e. The summed E-state index contributed by atoms with van der Waals surface area (Å²) < 4.78 is 1.05. The van der Waals surface area contributed by atoms with E-state index in [9.17, 15) is 4.79 Å². The van der Waals surface area contributed by atoms with Crippen molar-refractivity contribution in [2.45, 2.75) is 131 Å². The number of hydrogen-bond acceptors (Lipinski definition) is 6. The van der Waals surface area contributed by atoms with E-state index in [4.69, 9.17) is 0 Å². The first-order valence-corrected chi connectivity index (χ1v) is 19.5. The number of hydrogen-bond donors (Lipinski definition) is 2. The average molecular weight is 682 g/mol. The SMILES string of the molecule is C=C(NCCCC)c1ccc(C)c(NC(=C)c2cnc(SC)s2)c1.CCCC.CCCC.CCCCC(C)=O.Cc1ccccc1C. The molecule has 0 amide bonds. The van der Waals surface area contributed by atoms with Crippen LogP contribution in [0.2, 0.25) is 0 Å². The van der Waals surface area contributed by atoms with Gasteiger partial charge in [-0.05, 0) is 75.1 Å². The minimum absolute atomic E-state index is 0.307. The van der Waals surface area contributed by atoms with Crippen molar-refractivity contribution < 1.29 is 4.79 Å². The number of nitrogens with zero attached hydrogens (tertiary/aromatic N) is 1. The lowest BCUT2D eigenvalue weighted by Crippen LogP contribution is -2.12. The quantitative estimate of drug-likeness (QED) is 0.131. The molecule has 0 aliphatic heterocycles. The number of thioether (sulfide) groups is 1. The average Bonchev–Trinajstić information content (AvgIpc) is 3.57. The summed E-state index contributed by atoms with van der Waals surface area (Å²) in [7, 11) is 0. The van der Waals surface area contributed by atoms with E-state index in [1.54, 1.807) is 30.0 Å². The van der Waals surface area contributed by atoms with Crippen LogP contribution in [-0.2, 0) is 4.79 Å². The van der Waals surface area contributed by atoms with Gasteiger partial charge in [0, 0.05) is 30.5 Å². The van der Waals surface area contributed by atoms with Crippen LogP contribution < -0.4 is 10.6 Å². The second kappa shape index (κ2) is 30.5. The highest BCUT2D eigenvalue weighted by atomic mass is 32.2. The third kappa shape index (κ3) is 24.0. The van der Waals surface area contributed by atoms with E-state index in [-0.39, 0.29) is 0 Å². The first kappa shape index (κ1) is 46.3. The topological polar surface area (TPSA) is 54.0 Å². The fourth-order valence-electron chi connectivity index (χ4n) is 3.27. The van der Waals surface area contributed by atoms with Crippen molar-refractivity contribution in [3.63, 3.8) is 0 Å². The Labute approximate surface area is 298 Å². The number of benzene rings is 2. The molecule has 0 radical (unpaired) electrons. The predicted octanol–water partition coefficient (Wildman–Crippen LogP) is 13.3. The fraction of sp³-hybridized carbons (Fsp3) is 0.512. The molecular formula is C41H67N3OS2. The maximum Gasteiger partial charge on any atom is 0.150 e. The molecule has 47 heavy (non-hydrogen) atoms. The van der Waals surface area contributed by atoms with Gasteiger partial charge in [0.15, 0.2) is 0 Å². The third-order valence-electron chi connectivity index (χ3n) is 7.00. The van der Waals surface area contributed by atoms with Crippen molar-refractivity contribution >= 4 is 46.0 Å². The van der Waals surface area contributed by atoms with Crippen molar-refractivity contribution in [3.05, 3.63) is 89.0 Å². The van der Waals surface area contributed by atoms with Gasteiger partial charge in [0.1, 0.15) is 10.1 Å². The van der Waals surface area contributed by atoms with Crippen LogP contribution in [0.25, 0.3) is 11.4 Å². The number of ketones is 1. The lowest BCUT2D eigenvalue weighted by molar-refractivity contribution is -0.117. The van der Waals surface area contributed by atoms with Gasteiger partial charge in [0.2, 0.25) is 0 Å². The van der Waals surface area contributed by atoms with E-state index >= 15 is 0 Å². The Bertz CT molecular complexity index is 1220. The molecule has 0 unspecified atom stereocenters. The van der Waals surface area contributed by atoms with Crippen LogP contribution in [0.3, 0.4) is 0 Å². The molecule has 2 aromatic carbocycles. The second-order valence-electron chi connectivity index (χ2n) is 11.5. The summed E-state index contributed by atoms with van der Waals surface area (Å²) in [5.41, 5.74) is 7.89. The van der Waals surface area contributed by atoms with Crippen LogP contribution in [0.1, 0.15) is 133 Å². The zero-order chi connectivity index (χ0) is 36.0. The predicted molar refractivity (Wildman–Crippen MR) is 217 cm³/mol. The third-order valence-corrected chi connectivity index (χ3v) is 9.06. The minimum atomic E-state index is 0.307. The van der Waals surface area contributed by atoms with E-state index in [0.717, 1.165) is 64.1 Å². The Morgan fingerprint density at radius 1 is 0.787 bits per heavy atom. The zero-order valence-corrected chi connectivity index (χ0v) is 33.4. The van der Waals surface area contributed by atoms with E-state index in [0.29, 0.717) is 5.78 Å². The van der Waals surface area contributed by atoms with Gasteiger partial charge in [0.05, 0.1) is 10.6 Å². The molecule has 0 aliphatic rings. The molecular weight excluding hydrogens is 615 g/mol. The number of unbranched alkanes of at least 4 members (excludes halogenated alkanes) is 4. The first-order valence-electron chi connectivity index (χ1n) is 17.5. The van der Waals surface area contributed by atoms with Gasteiger partial charge in [-0.1, -0.05) is 141 Å². The van der Waals surface area contributed by atoms with Crippen molar-refractivity contribution in [3.8, 4) is 0 Å². The van der Waals surface area contributed by atoms with Crippen LogP contribution >= 0.6 is 23.1 Å². The van der Waals surface area contributed by atoms with Crippen LogP contribution in [0.5, 0.6) is 0 Å². The molecule has 0 atom stereocenters. The maximum absolute atomic E-state index is 10.2. The number of rotatable bonds is 14. The normalized spacial score (nSPS) is 9.51. The van der Waals surface area contributed by atoms with Crippen molar-refractivity contribution in [2.24, 2.45) is 0 Å². The molecule has 0 bridgehead atoms. The summed E-state index contributed by atoms with van der Waals surface area (Å²) in [5.74, 6) is 0.307. The fourth-order valence-corrected chi connectivity index (χ4v) is 4.60. The van der Waals surface area contributed by atoms with Crippen molar-refractivity contribution in [1.82, 2.24) is 10.3 Å². The number of carbonyl (C=O) groups excluding carboxylic acids is 1. The van der Waals surface area contributed by atoms with Gasteiger partial charge in [-0.15, -0.1) is 11.3 Å². The maximum atomic E-state index is 10.2. The molecule has 2 N–H and O–H groups in total. The molecule has 6 heteroatoms. The van der Waals surface area contributed by atoms with Crippen LogP contribution in [0.4, 0.5) is 5.69 Å². The highest BCUT2D eigenvalue weighted by molar-refractivity contribution is 8.00. The molecule has 0 saturated heterocycles. The Kier molecular flexibility index (Phi) is 30.0. The number of aromatic nitrogens is 1. The molecule has 0 spiro atoms. The molecule has 0 saturated carbocycles. The minimum Gasteiger partial charge on any atom is -0.385 e. The molecule has 4 nitrogen and oxygen atoms in total. The molecule has 1 heterocycles. The zero-order valence-electron chi connectivity index (χ0n) is 31.8. The van der Waals surface area contributed by atoms with Gasteiger partial charge < -0.3 is 15.4 Å². The summed E-state index contributed by atoms with van der Waals surface area (Å²) in [5, 5.41) is 6.81. The molecule has 3 rings (SSSR count). The van der Waals surface area contributed by atoms with E-state index in [1.807, 2.05) is 12.5 Å². The molecule has 3 aromatic rings. The number of nitrogens with one attached hydrogen (secondary N) is 2. The largest absolute Gasteiger partial charge is 0.385 e. The lowest BCUT2D eigenvalue weighted by Gasteiger charge is -2.15. The number of anilines is 1. The van der Waals surface area contributed by atoms with Gasteiger partial charge in [-0.3, -0.25) is 0 Å². The molecule has 1 aromatic heterocycles. The number of thiazole rings is 1. The number of aryl methyl sites for hydroxylation is 3. The van der Waals surface area contributed by atoms with Gasteiger partial charge in [0.25, 0.3) is 0 Å². The van der Waals surface area contributed by atoms with E-state index < -0.39 is 0 Å². The summed E-state index contributed by atoms with van der Waals surface area (Å²) in [6.07, 6.45) is 14.4. The van der Waals surface area contributed by atoms with Gasteiger partial charge in [-0.25, -0.2) is 4.98 Å². The summed E-state index contributed by atoms with van der Waals surface area (Å²) in [6.45, 7) is 30.2. The van der Waals surface area contributed by atoms with Crippen LogP contribution in [0, 0.1) is 20.8 Å². The number of Topliss-reactive ketones (excluding diaryl/α,β-unsaturated/α-hetero) is 1. The summed E-state index contributed by atoms with van der Waals surface area (Å²) >= 11 is 3.30. The second-order valence-corrected chi connectivity index (χ2v) is 13.6. The van der Waals surface area contributed by atoms with E-state index in [2.05, 4.69) is 134 Å². The molecule has 264 valence electrons. The van der Waals surface area contributed by atoms with Crippen LogP contribution in [-0.4, -0.2) is 23.6 Å². The van der Waals surface area contributed by atoms with E-state index in [1.165, 1.54) is 48.8 Å². The first-order chi connectivity index (χ1) is 22.4. The Balaban J connectivity index is 0. The Morgan fingerprint density at radius 3 is 1.74 bits per heavy atom. The van der Waals surface area contributed by atoms with Crippen LogP contribution in [0.15, 0.2) is 66.2 Å². The monoisotopic (exact) mass is 681 g/mol. The highest BCUT2D eigenvalue weighted by Gasteiger charge is 2.08. The van der Waals surface area contributed by atoms with Crippen molar-refractivity contribution in [2.75, 3.05) is 18.1 Å². The standard InChI is InChI=1S/C19H25N3S2.C8H10.C6H12O.2C4H10/c1-6-7-10-20-14(3)16-9-8-13(2)17(11-16)22-15(4)18-12-21-19(23-5)24-18;1-7-5-3-4-6-8(7)2;1-3-4-5-6(2)7;2*1-3-4-2/h8-9,11-12,20,22H,3-4,6-7,10H2,1-2,5H3;3-6H,1-2H3;3-5H2,1-2H3;2*3-4H2,1-2H3. The Hall–Kier alpha value is -2.83. The Morgan fingerprint density at radius 2 is 1.34 bits per heavy atom. The summed E-state index contributed by atoms with van der Waals surface area (Å²) in [4.78, 5) is 15.6. The van der Waals surface area contributed by atoms with Crippen molar-refractivity contribution in [1.29, 1.82) is 0 Å². The lowest BCUT2D eigenvalue weighted by atomic mass is 10.1. The molecule has 0 fully saturated rings.